The van der Waals surface area contributed by atoms with Crippen LogP contribution >= 0.6 is 0 Å². The number of furan rings is 1. The number of esters is 1. The predicted octanol–water partition coefficient (Wildman–Crippen LogP) is 3.42. The molecule has 0 fully saturated rings. The van der Waals surface area contributed by atoms with E-state index in [4.69, 9.17) is 9.15 Å². The maximum Gasteiger partial charge on any atom is 0.375 e. The molecule has 0 aliphatic carbocycles. The SMILES string of the molecule is CN(C)C(=O)[C@@H](OC(=O)c1cc2ccccc2o1)c1ccccc1. The monoisotopic (exact) mass is 323 g/mol. The fourth-order valence-electron chi connectivity index (χ4n) is 2.37. The zero-order valence-electron chi connectivity index (χ0n) is 13.4. The second-order valence-electron chi connectivity index (χ2n) is 5.58. The molecule has 24 heavy (non-hydrogen) atoms. The van der Waals surface area contributed by atoms with Gasteiger partial charge in [0.1, 0.15) is 5.58 Å². The summed E-state index contributed by atoms with van der Waals surface area (Å²) in [5.74, 6) is -0.912. The number of rotatable bonds is 4. The van der Waals surface area contributed by atoms with Crippen LogP contribution in [0.4, 0.5) is 0 Å². The average molecular weight is 323 g/mol. The first kappa shape index (κ1) is 15.8. The van der Waals surface area contributed by atoms with E-state index in [1.165, 1.54) is 4.90 Å². The highest BCUT2D eigenvalue weighted by molar-refractivity contribution is 5.94. The Kier molecular flexibility index (Phi) is 4.33. The lowest BCUT2D eigenvalue weighted by Gasteiger charge is -2.20. The highest BCUT2D eigenvalue weighted by atomic mass is 16.6. The maximum atomic E-state index is 12.4. The maximum absolute atomic E-state index is 12.4. The molecule has 5 heteroatoms. The van der Waals surface area contributed by atoms with Crippen LogP contribution in [-0.2, 0) is 9.53 Å². The molecule has 3 aromatic rings. The number of likely N-dealkylation sites (N-methyl/N-ethyl adjacent to an activating group) is 1. The Morgan fingerprint density at radius 1 is 1.00 bits per heavy atom. The van der Waals surface area contributed by atoms with Crippen molar-refractivity contribution in [2.45, 2.75) is 6.10 Å². The van der Waals surface area contributed by atoms with Gasteiger partial charge in [-0.3, -0.25) is 4.79 Å². The Morgan fingerprint density at radius 3 is 2.33 bits per heavy atom. The van der Waals surface area contributed by atoms with Gasteiger partial charge in [-0.15, -0.1) is 0 Å². The molecule has 0 bridgehead atoms. The van der Waals surface area contributed by atoms with E-state index in [1.807, 2.05) is 24.3 Å². The zero-order chi connectivity index (χ0) is 17.1. The molecule has 0 spiro atoms. The fourth-order valence-corrected chi connectivity index (χ4v) is 2.37. The van der Waals surface area contributed by atoms with E-state index in [0.29, 0.717) is 11.1 Å². The van der Waals surface area contributed by atoms with Crippen molar-refractivity contribution in [3.05, 3.63) is 72.0 Å². The first-order chi connectivity index (χ1) is 11.6. The molecule has 122 valence electrons. The lowest BCUT2D eigenvalue weighted by molar-refractivity contribution is -0.138. The van der Waals surface area contributed by atoms with Crippen molar-refractivity contribution in [3.63, 3.8) is 0 Å². The van der Waals surface area contributed by atoms with E-state index in [1.54, 1.807) is 50.5 Å². The van der Waals surface area contributed by atoms with Gasteiger partial charge in [-0.1, -0.05) is 48.5 Å². The van der Waals surface area contributed by atoms with Gasteiger partial charge in [0.15, 0.2) is 0 Å². The van der Waals surface area contributed by atoms with Crippen LogP contribution in [0.2, 0.25) is 0 Å². The largest absolute Gasteiger partial charge is 0.449 e. The van der Waals surface area contributed by atoms with E-state index in [9.17, 15) is 9.59 Å². The van der Waals surface area contributed by atoms with Crippen molar-refractivity contribution in [2.24, 2.45) is 0 Å². The quantitative estimate of drug-likeness (QED) is 0.690. The van der Waals surface area contributed by atoms with Gasteiger partial charge in [0.25, 0.3) is 5.91 Å². The van der Waals surface area contributed by atoms with E-state index < -0.39 is 12.1 Å². The van der Waals surface area contributed by atoms with Crippen LogP contribution in [0, 0.1) is 0 Å². The normalized spacial score (nSPS) is 11.9. The number of nitrogens with zero attached hydrogens (tertiary/aromatic N) is 1. The molecule has 0 radical (unpaired) electrons. The lowest BCUT2D eigenvalue weighted by Crippen LogP contribution is -2.31. The fraction of sp³-hybridized carbons (Fsp3) is 0.158. The zero-order valence-corrected chi connectivity index (χ0v) is 13.4. The molecule has 0 aliphatic heterocycles. The smallest absolute Gasteiger partial charge is 0.375 e. The number of benzene rings is 2. The molecule has 2 aromatic carbocycles. The molecule has 0 unspecified atom stereocenters. The highest BCUT2D eigenvalue weighted by Crippen LogP contribution is 2.24. The Morgan fingerprint density at radius 2 is 1.67 bits per heavy atom. The summed E-state index contributed by atoms with van der Waals surface area (Å²) in [5.41, 5.74) is 1.21. The molecule has 1 aromatic heterocycles. The van der Waals surface area contributed by atoms with Crippen molar-refractivity contribution in [1.82, 2.24) is 4.90 Å². The van der Waals surface area contributed by atoms with Crippen molar-refractivity contribution in [3.8, 4) is 0 Å². The third-order valence-electron chi connectivity index (χ3n) is 3.62. The minimum absolute atomic E-state index is 0.0729. The first-order valence-electron chi connectivity index (χ1n) is 7.52. The van der Waals surface area contributed by atoms with Gasteiger partial charge in [-0.05, 0) is 12.1 Å². The standard InChI is InChI=1S/C19H17NO4/c1-20(2)18(21)17(13-8-4-3-5-9-13)24-19(22)16-12-14-10-6-7-11-15(14)23-16/h3-12,17H,1-2H3/t17-/m0/s1. The second-order valence-corrected chi connectivity index (χ2v) is 5.58. The Bertz CT molecular complexity index is 834. The lowest BCUT2D eigenvalue weighted by atomic mass is 10.1. The van der Waals surface area contributed by atoms with Crippen molar-refractivity contribution >= 4 is 22.8 Å². The first-order valence-corrected chi connectivity index (χ1v) is 7.52. The Hall–Kier alpha value is -3.08. The van der Waals surface area contributed by atoms with Gasteiger partial charge in [0, 0.05) is 25.0 Å². The molecule has 0 saturated heterocycles. The molecular formula is C19H17NO4. The molecule has 1 amide bonds. The number of hydrogen-bond donors (Lipinski definition) is 0. The van der Waals surface area contributed by atoms with Crippen LogP contribution in [0.1, 0.15) is 22.2 Å². The Balaban J connectivity index is 1.89. The second kappa shape index (κ2) is 6.58. The molecular weight excluding hydrogens is 306 g/mol. The topological polar surface area (TPSA) is 59.8 Å². The van der Waals surface area contributed by atoms with Crippen LogP contribution in [0.15, 0.2) is 65.1 Å². The van der Waals surface area contributed by atoms with E-state index >= 15 is 0 Å². The van der Waals surface area contributed by atoms with Crippen molar-refractivity contribution in [2.75, 3.05) is 14.1 Å². The summed E-state index contributed by atoms with van der Waals surface area (Å²) in [6, 6.07) is 17.8. The molecule has 3 rings (SSSR count). The highest BCUT2D eigenvalue weighted by Gasteiger charge is 2.28. The minimum atomic E-state index is -1.01. The molecule has 0 saturated carbocycles. The summed E-state index contributed by atoms with van der Waals surface area (Å²) in [6.07, 6.45) is -1.01. The van der Waals surface area contributed by atoms with Crippen LogP contribution in [-0.4, -0.2) is 30.9 Å². The molecule has 0 N–H and O–H groups in total. The van der Waals surface area contributed by atoms with Crippen molar-refractivity contribution in [1.29, 1.82) is 0 Å². The molecule has 1 atom stereocenters. The van der Waals surface area contributed by atoms with Gasteiger partial charge in [0.05, 0.1) is 0 Å². The van der Waals surface area contributed by atoms with Crippen LogP contribution in [0.25, 0.3) is 11.0 Å². The van der Waals surface area contributed by atoms with Gasteiger partial charge in [-0.2, -0.15) is 0 Å². The number of hydrogen-bond acceptors (Lipinski definition) is 4. The Labute approximate surface area is 139 Å². The van der Waals surface area contributed by atoms with Crippen LogP contribution in [0.3, 0.4) is 0 Å². The summed E-state index contributed by atoms with van der Waals surface area (Å²) in [4.78, 5) is 26.2. The van der Waals surface area contributed by atoms with Crippen molar-refractivity contribution < 1.29 is 18.7 Å². The number of amides is 1. The number of ether oxygens (including phenoxy) is 1. The van der Waals surface area contributed by atoms with Gasteiger partial charge >= 0.3 is 5.97 Å². The number of para-hydroxylation sites is 1. The van der Waals surface area contributed by atoms with Crippen LogP contribution in [0.5, 0.6) is 0 Å². The minimum Gasteiger partial charge on any atom is -0.449 e. The molecule has 1 heterocycles. The molecule has 0 aliphatic rings. The number of carbonyl (C=O) groups excluding carboxylic acids is 2. The van der Waals surface area contributed by atoms with E-state index in [-0.39, 0.29) is 11.7 Å². The summed E-state index contributed by atoms with van der Waals surface area (Å²) < 4.78 is 11.0. The van der Waals surface area contributed by atoms with Gasteiger partial charge in [-0.25, -0.2) is 4.79 Å². The van der Waals surface area contributed by atoms with E-state index in [0.717, 1.165) is 5.39 Å². The summed E-state index contributed by atoms with van der Waals surface area (Å²) in [7, 11) is 3.24. The van der Waals surface area contributed by atoms with Crippen LogP contribution < -0.4 is 0 Å². The average Bonchev–Trinajstić information content (AvgIpc) is 3.04. The van der Waals surface area contributed by atoms with Gasteiger partial charge < -0.3 is 14.1 Å². The van der Waals surface area contributed by atoms with E-state index in [2.05, 4.69) is 0 Å². The summed E-state index contributed by atoms with van der Waals surface area (Å²) >= 11 is 0. The predicted molar refractivity (Wildman–Crippen MR) is 89.5 cm³/mol. The summed E-state index contributed by atoms with van der Waals surface area (Å²) in [6.45, 7) is 0. The third kappa shape index (κ3) is 3.15. The number of carbonyl (C=O) groups is 2. The third-order valence-corrected chi connectivity index (χ3v) is 3.62. The number of fused-ring (bicyclic) bond motifs is 1. The van der Waals surface area contributed by atoms with Gasteiger partial charge in [0.2, 0.25) is 11.9 Å². The summed E-state index contributed by atoms with van der Waals surface area (Å²) in [5, 5.41) is 0.805. The molecule has 5 nitrogen and oxygen atoms in total.